The number of carbonyl (C=O) groups is 1. The maximum atomic E-state index is 11.6. The number of hydrazine groups is 1. The minimum atomic E-state index is -0.153. The van der Waals surface area contributed by atoms with Crippen molar-refractivity contribution in [3.05, 3.63) is 66.9 Å². The zero-order chi connectivity index (χ0) is 18.8. The van der Waals surface area contributed by atoms with Crippen LogP contribution < -0.4 is 10.9 Å². The molecular formula is C20H31N3O. The summed E-state index contributed by atoms with van der Waals surface area (Å²) >= 11 is 0. The van der Waals surface area contributed by atoms with Crippen molar-refractivity contribution < 1.29 is 4.79 Å². The number of amidine groups is 1. The zero-order valence-electron chi connectivity index (χ0n) is 15.8. The Hall–Kier alpha value is -2.62. The maximum Gasteiger partial charge on any atom is 0.196 e. The molecule has 0 atom stereocenters. The molecule has 0 aliphatic carbocycles. The van der Waals surface area contributed by atoms with Gasteiger partial charge in [0.25, 0.3) is 0 Å². The fourth-order valence-corrected chi connectivity index (χ4v) is 1.34. The molecule has 0 heterocycles. The lowest BCUT2D eigenvalue weighted by Gasteiger charge is -2.10. The van der Waals surface area contributed by atoms with Gasteiger partial charge in [0.15, 0.2) is 11.6 Å². The molecule has 0 radical (unpaired) electrons. The van der Waals surface area contributed by atoms with Gasteiger partial charge in [-0.05, 0) is 25.1 Å². The van der Waals surface area contributed by atoms with E-state index in [-0.39, 0.29) is 11.6 Å². The van der Waals surface area contributed by atoms with Gasteiger partial charge in [-0.1, -0.05) is 70.7 Å². The molecule has 0 saturated heterocycles. The Morgan fingerprint density at radius 3 is 2.17 bits per heavy atom. The number of nitrogens with zero attached hydrogens (tertiary/aromatic N) is 1. The molecule has 1 aromatic rings. The van der Waals surface area contributed by atoms with Crippen molar-refractivity contribution >= 4 is 17.3 Å². The van der Waals surface area contributed by atoms with E-state index in [1.165, 1.54) is 6.92 Å². The molecule has 0 unspecified atom stereocenters. The van der Waals surface area contributed by atoms with Crippen molar-refractivity contribution in [2.45, 2.75) is 41.5 Å². The van der Waals surface area contributed by atoms with E-state index in [2.05, 4.69) is 22.4 Å². The molecule has 4 nitrogen and oxygen atoms in total. The molecule has 0 aliphatic heterocycles. The van der Waals surface area contributed by atoms with Gasteiger partial charge in [0.1, 0.15) is 0 Å². The lowest BCUT2D eigenvalue weighted by molar-refractivity contribution is -0.111. The van der Waals surface area contributed by atoms with Gasteiger partial charge in [0.2, 0.25) is 0 Å². The topological polar surface area (TPSA) is 53.5 Å². The van der Waals surface area contributed by atoms with Crippen LogP contribution in [0.2, 0.25) is 0 Å². The lowest BCUT2D eigenvalue weighted by Crippen LogP contribution is -2.34. The third-order valence-electron chi connectivity index (χ3n) is 2.37. The molecule has 0 saturated carbocycles. The van der Waals surface area contributed by atoms with E-state index < -0.39 is 0 Å². The van der Waals surface area contributed by atoms with Crippen LogP contribution in [0.4, 0.5) is 5.69 Å². The Labute approximate surface area is 147 Å². The first-order valence-electron chi connectivity index (χ1n) is 8.29. The Morgan fingerprint density at radius 1 is 1.12 bits per heavy atom. The summed E-state index contributed by atoms with van der Waals surface area (Å²) in [6, 6.07) is 9.50. The van der Waals surface area contributed by atoms with Crippen molar-refractivity contribution in [1.29, 1.82) is 0 Å². The largest absolute Gasteiger partial charge is 0.300 e. The highest BCUT2D eigenvalue weighted by atomic mass is 16.1. The van der Waals surface area contributed by atoms with Crippen LogP contribution in [0.1, 0.15) is 41.5 Å². The van der Waals surface area contributed by atoms with Crippen LogP contribution in [-0.4, -0.2) is 11.6 Å². The smallest absolute Gasteiger partial charge is 0.196 e. The molecule has 24 heavy (non-hydrogen) atoms. The van der Waals surface area contributed by atoms with Gasteiger partial charge in [-0.15, -0.1) is 0 Å². The standard InChI is InChI=1S/C16H19N3O.2C2H6/c1-4-6-10-14(5-2)17-16(13(3)20)19-18-15-11-8-7-9-12-15;2*1-2/h4-12,18H,1H2,2-3H3,(H,17,19);2*1-2H3/b10-6-,14-5+;;. The first-order valence-corrected chi connectivity index (χ1v) is 8.29. The van der Waals surface area contributed by atoms with Crippen LogP contribution in [-0.2, 0) is 4.79 Å². The van der Waals surface area contributed by atoms with E-state index in [1.807, 2.05) is 71.0 Å². The first-order chi connectivity index (χ1) is 11.7. The molecule has 4 heteroatoms. The number of Topliss-reactive ketones (excluding diaryl/α,β-unsaturated/α-hetero) is 1. The Morgan fingerprint density at radius 2 is 1.71 bits per heavy atom. The molecule has 1 aromatic carbocycles. The van der Waals surface area contributed by atoms with Crippen LogP contribution in [0.5, 0.6) is 0 Å². The van der Waals surface area contributed by atoms with Crippen molar-refractivity contribution in [3.8, 4) is 0 Å². The Balaban J connectivity index is 0. The van der Waals surface area contributed by atoms with Gasteiger partial charge in [0.05, 0.1) is 11.4 Å². The van der Waals surface area contributed by atoms with Crippen molar-refractivity contribution in [3.63, 3.8) is 0 Å². The van der Waals surface area contributed by atoms with Gasteiger partial charge in [-0.3, -0.25) is 15.6 Å². The summed E-state index contributed by atoms with van der Waals surface area (Å²) in [6.45, 7) is 14.9. The second-order valence-corrected chi connectivity index (χ2v) is 3.94. The molecule has 132 valence electrons. The third kappa shape index (κ3) is 11.0. The summed E-state index contributed by atoms with van der Waals surface area (Å²) in [6.07, 6.45) is 7.01. The van der Waals surface area contributed by atoms with E-state index >= 15 is 0 Å². The predicted molar refractivity (Wildman–Crippen MR) is 107 cm³/mol. The van der Waals surface area contributed by atoms with Crippen LogP contribution in [0.3, 0.4) is 0 Å². The van der Waals surface area contributed by atoms with Crippen molar-refractivity contribution in [2.75, 3.05) is 5.43 Å². The summed E-state index contributed by atoms with van der Waals surface area (Å²) in [5, 5.41) is 0. The molecule has 0 aliphatic rings. The quantitative estimate of drug-likeness (QED) is 0.323. The van der Waals surface area contributed by atoms with Gasteiger partial charge in [-0.25, -0.2) is 4.99 Å². The van der Waals surface area contributed by atoms with Crippen molar-refractivity contribution in [2.24, 2.45) is 4.99 Å². The maximum absolute atomic E-state index is 11.6. The normalized spacial score (nSPS) is 10.8. The summed E-state index contributed by atoms with van der Waals surface area (Å²) in [7, 11) is 0. The van der Waals surface area contributed by atoms with E-state index in [1.54, 1.807) is 18.2 Å². The van der Waals surface area contributed by atoms with Gasteiger partial charge < -0.3 is 0 Å². The average molecular weight is 329 g/mol. The van der Waals surface area contributed by atoms with Gasteiger partial charge in [0, 0.05) is 6.92 Å². The molecule has 0 aromatic heterocycles. The minimum absolute atomic E-state index is 0.153. The number of rotatable bonds is 6. The fourth-order valence-electron chi connectivity index (χ4n) is 1.34. The number of aliphatic imine (C=N–C) groups is 1. The Kier molecular flexibility index (Phi) is 16.5. The zero-order valence-corrected chi connectivity index (χ0v) is 15.8. The number of allylic oxidation sites excluding steroid dienone is 4. The number of nitrogens with one attached hydrogen (secondary N) is 2. The molecule has 0 amide bonds. The summed E-state index contributed by atoms with van der Waals surface area (Å²) in [4.78, 5) is 15.9. The molecule has 1 rings (SSSR count). The number of para-hydroxylation sites is 1. The van der Waals surface area contributed by atoms with Crippen LogP contribution >= 0.6 is 0 Å². The van der Waals surface area contributed by atoms with Gasteiger partial charge in [-0.2, -0.15) is 0 Å². The average Bonchev–Trinajstić information content (AvgIpc) is 2.65. The highest BCUT2D eigenvalue weighted by molar-refractivity contribution is 6.38. The van der Waals surface area contributed by atoms with E-state index in [4.69, 9.17) is 0 Å². The molecular weight excluding hydrogens is 298 g/mol. The Bertz CT molecular complexity index is 543. The van der Waals surface area contributed by atoms with E-state index in [9.17, 15) is 4.79 Å². The molecule has 0 fully saturated rings. The monoisotopic (exact) mass is 329 g/mol. The molecule has 0 bridgehead atoms. The number of benzene rings is 1. The highest BCUT2D eigenvalue weighted by Crippen LogP contribution is 2.04. The number of ketones is 1. The number of hydrogen-bond donors (Lipinski definition) is 2. The predicted octanol–water partition coefficient (Wildman–Crippen LogP) is 5.29. The number of anilines is 1. The minimum Gasteiger partial charge on any atom is -0.300 e. The number of hydrogen-bond acceptors (Lipinski definition) is 3. The second-order valence-electron chi connectivity index (χ2n) is 3.94. The SMILES string of the molecule is C=C/C=C\C(=C/C)N=C(NNc1ccccc1)C(C)=O.CC.CC. The first kappa shape index (κ1) is 23.6. The fraction of sp³-hybridized carbons (Fsp3) is 0.300. The summed E-state index contributed by atoms with van der Waals surface area (Å²) in [5.74, 6) is 0.0930. The van der Waals surface area contributed by atoms with Crippen LogP contribution in [0.25, 0.3) is 0 Å². The van der Waals surface area contributed by atoms with Gasteiger partial charge >= 0.3 is 0 Å². The summed E-state index contributed by atoms with van der Waals surface area (Å²) < 4.78 is 0. The molecule has 2 N–H and O–H groups in total. The summed E-state index contributed by atoms with van der Waals surface area (Å²) in [5.41, 5.74) is 7.30. The van der Waals surface area contributed by atoms with E-state index in [0.29, 0.717) is 5.70 Å². The van der Waals surface area contributed by atoms with Crippen molar-refractivity contribution in [1.82, 2.24) is 5.43 Å². The van der Waals surface area contributed by atoms with Crippen LogP contribution in [0, 0.1) is 0 Å². The van der Waals surface area contributed by atoms with E-state index in [0.717, 1.165) is 5.69 Å². The lowest BCUT2D eigenvalue weighted by atomic mass is 10.3. The third-order valence-corrected chi connectivity index (χ3v) is 2.37. The highest BCUT2D eigenvalue weighted by Gasteiger charge is 2.05. The second kappa shape index (κ2) is 16.7. The van der Waals surface area contributed by atoms with Crippen LogP contribution in [0.15, 0.2) is 71.9 Å². The number of carbonyl (C=O) groups excluding carboxylic acids is 1. The molecule has 0 spiro atoms.